The molecule has 14 aromatic rings. The normalized spacial score (nSPS) is 12.8. The van der Waals surface area contributed by atoms with E-state index in [0.29, 0.717) is 28.4 Å². The molecule has 0 saturated heterocycles. The number of pyridine rings is 1. The predicted octanol–water partition coefficient (Wildman–Crippen LogP) is 15.2. The largest absolute Gasteiger partial charge is 0.510 e. The van der Waals surface area contributed by atoms with E-state index in [4.69, 9.17) is 13.8 Å². The first kappa shape index (κ1) is 46.2. The topological polar surface area (TPSA) is 35.9 Å². The van der Waals surface area contributed by atoms with Gasteiger partial charge in [-0.25, -0.2) is 4.98 Å². The second-order valence-corrected chi connectivity index (χ2v) is 25.7. The summed E-state index contributed by atoms with van der Waals surface area (Å²) in [4.78, 5) is 5.06. The second kappa shape index (κ2) is 20.8. The molecule has 83 heavy (non-hydrogen) atoms. The van der Waals surface area contributed by atoms with E-state index in [1.165, 1.54) is 20.7 Å². The monoisotopic (exact) mass is 1270 g/mol. The van der Waals surface area contributed by atoms with E-state index >= 15 is 0 Å². The van der Waals surface area contributed by atoms with E-state index in [0.717, 1.165) is 77.6 Å². The number of aromatic nitrogens is 4. The van der Waals surface area contributed by atoms with Gasteiger partial charge in [-0.1, -0.05) is 245 Å². The van der Waals surface area contributed by atoms with E-state index < -0.39 is 26.2 Å². The van der Waals surface area contributed by atoms with Crippen LogP contribution >= 0.6 is 0 Å². The van der Waals surface area contributed by atoms with Crippen LogP contribution in [0, 0.1) is 18.5 Å². The number of rotatable bonds is 9. The number of imidazole rings is 1. The molecule has 0 radical (unpaired) electrons. The zero-order valence-corrected chi connectivity index (χ0v) is 48.9. The first-order valence-corrected chi connectivity index (χ1v) is 29.6. The minimum Gasteiger partial charge on any atom is -0.510 e. The molecule has 0 bridgehead atoms. The SMILES string of the molecule is [2H]c1c([2H])c([2H])c(-c2cccc3c2-[n+]2[c-]n(-c4[c-]c(Oc5[c-]c6c(cc5)c5cc([Si](c7ccccc7)(c7ccccc7)c7ccccc7)ccc5n6-c5cc(C(C)(C)C)ccn5)ccc4)c4cccc(c42)-c2ccccc2-c2ccccc2-3)c([2H])c1[2H].[Pt]. The Labute approximate surface area is 506 Å². The van der Waals surface area contributed by atoms with Crippen LogP contribution in [0.4, 0.5) is 0 Å². The predicted molar refractivity (Wildman–Crippen MR) is 338 cm³/mol. The van der Waals surface area contributed by atoms with Gasteiger partial charge < -0.3 is 13.9 Å². The van der Waals surface area contributed by atoms with Crippen LogP contribution in [0.5, 0.6) is 11.5 Å². The minimum atomic E-state index is -2.91. The van der Waals surface area contributed by atoms with Gasteiger partial charge in [0.2, 0.25) is 0 Å². The third-order valence-electron chi connectivity index (χ3n) is 16.2. The van der Waals surface area contributed by atoms with Crippen LogP contribution in [0.15, 0.2) is 273 Å². The Kier molecular flexibility index (Phi) is 11.6. The summed E-state index contributed by atoms with van der Waals surface area (Å²) in [5, 5.41) is 7.21. The summed E-state index contributed by atoms with van der Waals surface area (Å²) >= 11 is 0. The molecule has 0 spiro atoms. The van der Waals surface area contributed by atoms with Crippen LogP contribution in [-0.2, 0) is 26.5 Å². The van der Waals surface area contributed by atoms with Crippen molar-refractivity contribution in [2.45, 2.75) is 26.2 Å². The van der Waals surface area contributed by atoms with Gasteiger partial charge in [-0.15, -0.1) is 29.7 Å². The van der Waals surface area contributed by atoms with Crippen LogP contribution < -0.4 is 30.1 Å². The van der Waals surface area contributed by atoms with Crippen molar-refractivity contribution >= 4 is 61.7 Å². The van der Waals surface area contributed by atoms with Gasteiger partial charge in [0.1, 0.15) is 5.82 Å². The van der Waals surface area contributed by atoms with Crippen molar-refractivity contribution in [2.75, 3.05) is 0 Å². The molecule has 5 nitrogen and oxygen atoms in total. The van der Waals surface area contributed by atoms with E-state index in [-0.39, 0.29) is 44.1 Å². The van der Waals surface area contributed by atoms with E-state index in [2.05, 4.69) is 202 Å². The molecule has 0 N–H and O–H groups in total. The molecule has 0 saturated carbocycles. The smallest absolute Gasteiger partial charge is 0.268 e. The van der Waals surface area contributed by atoms with E-state index in [9.17, 15) is 2.74 Å². The van der Waals surface area contributed by atoms with Crippen LogP contribution in [-0.4, -0.2) is 22.2 Å². The van der Waals surface area contributed by atoms with Gasteiger partial charge in [0.15, 0.2) is 8.07 Å². The van der Waals surface area contributed by atoms with E-state index in [1.54, 1.807) is 0 Å². The second-order valence-electron chi connectivity index (χ2n) is 21.9. The van der Waals surface area contributed by atoms with Crippen molar-refractivity contribution in [2.24, 2.45) is 0 Å². The summed E-state index contributed by atoms with van der Waals surface area (Å²) in [5.41, 5.74) is 11.9. The van der Waals surface area contributed by atoms with Gasteiger partial charge in [-0.05, 0) is 106 Å². The van der Waals surface area contributed by atoms with Crippen LogP contribution in [0.3, 0.4) is 0 Å². The first-order valence-electron chi connectivity index (χ1n) is 30.1. The molecule has 1 aliphatic rings. The van der Waals surface area contributed by atoms with E-state index in [1.807, 2.05) is 94.2 Å². The number of hydrogen-bond donors (Lipinski definition) is 0. The molecule has 400 valence electrons. The molecule has 0 unspecified atom stereocenters. The summed E-state index contributed by atoms with van der Waals surface area (Å²) in [6.45, 7) is 6.66. The number of para-hydroxylation sites is 2. The number of fused-ring (bicyclic) bond motifs is 10. The van der Waals surface area contributed by atoms with Crippen molar-refractivity contribution in [1.82, 2.24) is 14.1 Å². The maximum atomic E-state index is 9.28. The maximum absolute atomic E-state index is 9.28. The first-order chi connectivity index (χ1) is 42.4. The minimum absolute atomic E-state index is 0. The molecule has 4 heterocycles. The fourth-order valence-corrected chi connectivity index (χ4v) is 17.3. The van der Waals surface area contributed by atoms with Crippen LogP contribution in [0.2, 0.25) is 0 Å². The summed E-state index contributed by atoms with van der Waals surface area (Å²) < 4.78 is 57.8. The summed E-state index contributed by atoms with van der Waals surface area (Å²) in [7, 11) is -2.91. The Hall–Kier alpha value is -9.45. The molecule has 0 amide bonds. The molecular formula is C76H54N4OPtSi-2. The zero-order valence-electron chi connectivity index (χ0n) is 50.6. The quantitative estimate of drug-likeness (QED) is 0.0625. The number of hydrogen-bond acceptors (Lipinski definition) is 2. The van der Waals surface area contributed by atoms with Gasteiger partial charge >= 0.3 is 0 Å². The Morgan fingerprint density at radius 3 is 1.72 bits per heavy atom. The Balaban J connectivity index is 0.00000680. The molecule has 1 aliphatic heterocycles. The average Bonchev–Trinajstić information content (AvgIpc) is 1.52. The third kappa shape index (κ3) is 8.63. The summed E-state index contributed by atoms with van der Waals surface area (Å²) in [5.74, 6) is 1.71. The molecule has 0 aliphatic carbocycles. The van der Waals surface area contributed by atoms with Gasteiger partial charge in [-0.3, -0.25) is 4.57 Å². The number of ether oxygens (including phenoxy) is 1. The molecule has 0 fully saturated rings. The Morgan fingerprint density at radius 1 is 0.494 bits per heavy atom. The summed E-state index contributed by atoms with van der Waals surface area (Å²) in [6.07, 6.45) is 5.64. The Morgan fingerprint density at radius 2 is 1.06 bits per heavy atom. The molecule has 3 aromatic heterocycles. The van der Waals surface area contributed by atoms with Crippen LogP contribution in [0.1, 0.15) is 33.2 Å². The maximum Gasteiger partial charge on any atom is 0.268 e. The van der Waals surface area contributed by atoms with Crippen molar-refractivity contribution in [3.05, 3.63) is 297 Å². The molecule has 11 aromatic carbocycles. The number of benzene rings is 11. The van der Waals surface area contributed by atoms with Gasteiger partial charge in [-0.2, -0.15) is 18.2 Å². The molecule has 7 heteroatoms. The molecule has 0 atom stereocenters. The van der Waals surface area contributed by atoms with Crippen LogP contribution in [0.25, 0.3) is 94.5 Å². The van der Waals surface area contributed by atoms with Crippen molar-refractivity contribution in [1.29, 1.82) is 0 Å². The standard InChI is InChI=1S/C76H54N4OSi.Pt/c1-76(2,3)53-45-46-77-73(47-53)80-70-44-42-60(82(57-27-10-5-11-28-57,58-29-12-6-13-30-58)59-31-14-7-15-32-59)50-69(70)66-43-41-56(49-72(66)80)81-55-26-20-25-54(48-55)78-51-79-74-61(52-23-8-4-9-24-52)37-21-38-67(74)64-35-18-16-33-62(64)63-34-17-19-36-65(63)68-39-22-40-71(78)75(68)79;/h4-47,50H,1-3H3;/q-2;/i4D,8D,9D,23D,24D;. The average molecular weight is 1270 g/mol. The van der Waals surface area contributed by atoms with Gasteiger partial charge in [0.25, 0.3) is 6.33 Å². The van der Waals surface area contributed by atoms with Crippen molar-refractivity contribution in [3.8, 4) is 73.2 Å². The number of nitrogens with zero attached hydrogens (tertiary/aromatic N) is 4. The fourth-order valence-electron chi connectivity index (χ4n) is 12.5. The van der Waals surface area contributed by atoms with Gasteiger partial charge in [0.05, 0.1) is 23.6 Å². The zero-order chi connectivity index (χ0) is 59.3. The molecule has 15 rings (SSSR count). The fraction of sp³-hybridized carbons (Fsp3) is 0.0526. The van der Waals surface area contributed by atoms with Gasteiger partial charge in [0, 0.05) is 44.3 Å². The summed E-state index contributed by atoms with van der Waals surface area (Å²) in [6, 6.07) is 88.2. The van der Waals surface area contributed by atoms with Crippen molar-refractivity contribution < 1.29 is 37.2 Å². The third-order valence-corrected chi connectivity index (χ3v) is 21.0. The van der Waals surface area contributed by atoms with Crippen molar-refractivity contribution in [3.63, 3.8) is 0 Å². The Bertz CT molecular complexity index is 4960. The molecular weight excluding hydrogens is 1210 g/mol.